The van der Waals surface area contributed by atoms with Crippen molar-refractivity contribution in [3.8, 4) is 0 Å². The number of nitrogens with zero attached hydrogens (tertiary/aromatic N) is 2. The minimum atomic E-state index is -0.123. The molecular weight excluding hydrogens is 308 g/mol. The number of carbonyl (C=O) groups is 1. The standard InChI is InChI=1S/C14H15ClN4OS/c1-2-9-19-12(17-18-14(19)21)7-8-13(20)16-11-6-4-3-5-10(11)15/h2-6H,1,7-9H2,(H,16,20)(H,18,21). The smallest absolute Gasteiger partial charge is 0.224 e. The van der Waals surface area contributed by atoms with Crippen LogP contribution in [-0.4, -0.2) is 20.7 Å². The van der Waals surface area contributed by atoms with Crippen molar-refractivity contribution in [3.63, 3.8) is 0 Å². The quantitative estimate of drug-likeness (QED) is 0.633. The number of para-hydroxylation sites is 1. The maximum Gasteiger partial charge on any atom is 0.224 e. The molecule has 1 heterocycles. The van der Waals surface area contributed by atoms with Crippen molar-refractivity contribution in [2.24, 2.45) is 0 Å². The average Bonchev–Trinajstić information content (AvgIpc) is 2.81. The number of aryl methyl sites for hydroxylation is 1. The third-order valence-electron chi connectivity index (χ3n) is 2.87. The molecule has 2 rings (SSSR count). The largest absolute Gasteiger partial charge is 0.325 e. The average molecular weight is 323 g/mol. The van der Waals surface area contributed by atoms with Gasteiger partial charge in [-0.25, -0.2) is 0 Å². The SMILES string of the molecule is C=CCn1c(CCC(=O)Nc2ccccc2Cl)n[nH]c1=S. The summed E-state index contributed by atoms with van der Waals surface area (Å²) >= 11 is 11.1. The van der Waals surface area contributed by atoms with E-state index >= 15 is 0 Å². The molecule has 0 unspecified atom stereocenters. The van der Waals surface area contributed by atoms with Crippen molar-refractivity contribution in [3.05, 3.63) is 52.5 Å². The molecule has 1 amide bonds. The van der Waals surface area contributed by atoms with Gasteiger partial charge in [0.1, 0.15) is 5.82 Å². The maximum atomic E-state index is 12.0. The Labute approximate surface area is 132 Å². The van der Waals surface area contributed by atoms with Crippen molar-refractivity contribution in [2.45, 2.75) is 19.4 Å². The minimum absolute atomic E-state index is 0.123. The Kier molecular flexibility index (Phi) is 5.30. The van der Waals surface area contributed by atoms with Gasteiger partial charge in [-0.15, -0.1) is 6.58 Å². The molecule has 1 aromatic carbocycles. The molecule has 0 aliphatic rings. The molecule has 21 heavy (non-hydrogen) atoms. The summed E-state index contributed by atoms with van der Waals surface area (Å²) in [5, 5.41) is 10.1. The number of amides is 1. The van der Waals surface area contributed by atoms with Crippen LogP contribution in [-0.2, 0) is 17.8 Å². The van der Waals surface area contributed by atoms with Crippen LogP contribution < -0.4 is 5.32 Å². The van der Waals surface area contributed by atoms with Crippen LogP contribution in [0.25, 0.3) is 0 Å². The van der Waals surface area contributed by atoms with Crippen molar-refractivity contribution < 1.29 is 4.79 Å². The van der Waals surface area contributed by atoms with Crippen molar-refractivity contribution in [1.29, 1.82) is 0 Å². The lowest BCUT2D eigenvalue weighted by Crippen LogP contribution is -2.14. The third-order valence-corrected chi connectivity index (χ3v) is 3.51. The first-order chi connectivity index (χ1) is 10.1. The number of anilines is 1. The van der Waals surface area contributed by atoms with E-state index in [4.69, 9.17) is 23.8 Å². The Morgan fingerprint density at radius 1 is 1.52 bits per heavy atom. The van der Waals surface area contributed by atoms with E-state index in [1.165, 1.54) is 0 Å². The summed E-state index contributed by atoms with van der Waals surface area (Å²) in [6.45, 7) is 4.24. The van der Waals surface area contributed by atoms with Crippen molar-refractivity contribution in [1.82, 2.24) is 14.8 Å². The first kappa shape index (κ1) is 15.5. The van der Waals surface area contributed by atoms with Gasteiger partial charge in [-0.3, -0.25) is 9.89 Å². The highest BCUT2D eigenvalue weighted by molar-refractivity contribution is 7.71. The van der Waals surface area contributed by atoms with Gasteiger partial charge in [0, 0.05) is 19.4 Å². The lowest BCUT2D eigenvalue weighted by molar-refractivity contribution is -0.116. The second kappa shape index (κ2) is 7.19. The van der Waals surface area contributed by atoms with Gasteiger partial charge in [-0.05, 0) is 24.4 Å². The Hall–Kier alpha value is -1.92. The fraction of sp³-hybridized carbons (Fsp3) is 0.214. The molecule has 0 aliphatic heterocycles. The molecule has 0 bridgehead atoms. The zero-order chi connectivity index (χ0) is 15.2. The summed E-state index contributed by atoms with van der Waals surface area (Å²) in [5.74, 6) is 0.608. The van der Waals surface area contributed by atoms with Crippen LogP contribution in [0.2, 0.25) is 5.02 Å². The molecule has 0 saturated heterocycles. The van der Waals surface area contributed by atoms with Gasteiger partial charge >= 0.3 is 0 Å². The van der Waals surface area contributed by atoms with Crippen LogP contribution in [0, 0.1) is 4.77 Å². The van der Waals surface area contributed by atoms with E-state index in [0.717, 1.165) is 5.82 Å². The first-order valence-corrected chi connectivity index (χ1v) is 7.20. The van der Waals surface area contributed by atoms with Gasteiger partial charge < -0.3 is 9.88 Å². The predicted octanol–water partition coefficient (Wildman–Crippen LogP) is 3.35. The van der Waals surface area contributed by atoms with Crippen LogP contribution in [0.4, 0.5) is 5.69 Å². The summed E-state index contributed by atoms with van der Waals surface area (Å²) in [5.41, 5.74) is 0.606. The van der Waals surface area contributed by atoms with E-state index < -0.39 is 0 Å². The number of allylic oxidation sites excluding steroid dienone is 1. The second-order valence-corrected chi connectivity index (χ2v) is 5.17. The summed E-state index contributed by atoms with van der Waals surface area (Å²) in [6, 6.07) is 7.11. The van der Waals surface area contributed by atoms with Crippen LogP contribution in [0.1, 0.15) is 12.2 Å². The van der Waals surface area contributed by atoms with Gasteiger partial charge in [-0.1, -0.05) is 29.8 Å². The van der Waals surface area contributed by atoms with Gasteiger partial charge in [0.25, 0.3) is 0 Å². The van der Waals surface area contributed by atoms with Crippen molar-refractivity contribution in [2.75, 3.05) is 5.32 Å². The summed E-state index contributed by atoms with van der Waals surface area (Å²) in [4.78, 5) is 12.0. The molecule has 7 heteroatoms. The summed E-state index contributed by atoms with van der Waals surface area (Å²) in [6.07, 6.45) is 2.51. The zero-order valence-corrected chi connectivity index (χ0v) is 12.9. The van der Waals surface area contributed by atoms with Crippen molar-refractivity contribution >= 4 is 35.4 Å². The Bertz CT molecular complexity index is 707. The van der Waals surface area contributed by atoms with E-state index in [0.29, 0.717) is 34.9 Å². The molecule has 2 aromatic rings. The normalized spacial score (nSPS) is 10.3. The van der Waals surface area contributed by atoms with Gasteiger partial charge in [0.2, 0.25) is 5.91 Å². The molecule has 110 valence electrons. The molecular formula is C14H15ClN4OS. The van der Waals surface area contributed by atoms with Gasteiger partial charge in [0.15, 0.2) is 4.77 Å². The molecule has 1 aromatic heterocycles. The highest BCUT2D eigenvalue weighted by Gasteiger charge is 2.09. The van der Waals surface area contributed by atoms with Crippen LogP contribution in [0.5, 0.6) is 0 Å². The van der Waals surface area contributed by atoms with Gasteiger partial charge in [0.05, 0.1) is 10.7 Å². The monoisotopic (exact) mass is 322 g/mol. The number of aromatic amines is 1. The predicted molar refractivity (Wildman–Crippen MR) is 86.0 cm³/mol. The van der Waals surface area contributed by atoms with Crippen LogP contribution >= 0.6 is 23.8 Å². The Morgan fingerprint density at radius 2 is 2.29 bits per heavy atom. The lowest BCUT2D eigenvalue weighted by Gasteiger charge is -2.07. The maximum absolute atomic E-state index is 12.0. The molecule has 2 N–H and O–H groups in total. The number of aromatic nitrogens is 3. The molecule has 0 aliphatic carbocycles. The third kappa shape index (κ3) is 4.03. The van der Waals surface area contributed by atoms with E-state index in [1.54, 1.807) is 18.2 Å². The van der Waals surface area contributed by atoms with E-state index in [9.17, 15) is 4.79 Å². The molecule has 0 radical (unpaired) electrons. The molecule has 5 nitrogen and oxygen atoms in total. The van der Waals surface area contributed by atoms with E-state index in [-0.39, 0.29) is 5.91 Å². The van der Waals surface area contributed by atoms with Gasteiger partial charge in [-0.2, -0.15) is 5.10 Å². The Morgan fingerprint density at radius 3 is 3.00 bits per heavy atom. The molecule has 0 atom stereocenters. The fourth-order valence-corrected chi connectivity index (χ4v) is 2.27. The highest BCUT2D eigenvalue weighted by Crippen LogP contribution is 2.20. The topological polar surface area (TPSA) is 62.7 Å². The second-order valence-electron chi connectivity index (χ2n) is 4.37. The Balaban J connectivity index is 1.97. The number of halogens is 1. The molecule has 0 spiro atoms. The number of hydrogen-bond acceptors (Lipinski definition) is 3. The summed E-state index contributed by atoms with van der Waals surface area (Å²) < 4.78 is 2.34. The first-order valence-electron chi connectivity index (χ1n) is 6.41. The number of carbonyl (C=O) groups excluding carboxylic acids is 1. The van der Waals surface area contributed by atoms with Crippen LogP contribution in [0.15, 0.2) is 36.9 Å². The van der Waals surface area contributed by atoms with Crippen LogP contribution in [0.3, 0.4) is 0 Å². The van der Waals surface area contributed by atoms with E-state index in [1.807, 2.05) is 16.7 Å². The molecule has 0 fully saturated rings. The number of benzene rings is 1. The fourth-order valence-electron chi connectivity index (χ4n) is 1.86. The highest BCUT2D eigenvalue weighted by atomic mass is 35.5. The number of H-pyrrole nitrogens is 1. The molecule has 0 saturated carbocycles. The number of rotatable bonds is 6. The van der Waals surface area contributed by atoms with E-state index in [2.05, 4.69) is 22.1 Å². The minimum Gasteiger partial charge on any atom is -0.325 e. The number of nitrogens with one attached hydrogen (secondary N) is 2. The zero-order valence-electron chi connectivity index (χ0n) is 11.3. The summed E-state index contributed by atoms with van der Waals surface area (Å²) in [7, 11) is 0. The number of hydrogen-bond donors (Lipinski definition) is 2. The lowest BCUT2D eigenvalue weighted by atomic mass is 10.2.